The quantitative estimate of drug-likeness (QED) is 0.871. The number of hydrogen-bond donors (Lipinski definition) is 0. The zero-order valence-corrected chi connectivity index (χ0v) is 12.8. The van der Waals surface area contributed by atoms with Gasteiger partial charge in [0.2, 0.25) is 0 Å². The average Bonchev–Trinajstić information content (AvgIpc) is 2.67. The molecule has 4 nitrogen and oxygen atoms in total. The van der Waals surface area contributed by atoms with Crippen molar-refractivity contribution in [1.82, 2.24) is 14.7 Å². The fraction of sp³-hybridized carbons (Fsp3) is 0.286. The molecule has 0 aliphatic carbocycles. The number of amides is 1. The van der Waals surface area contributed by atoms with Crippen molar-refractivity contribution >= 4 is 21.8 Å². The van der Waals surface area contributed by atoms with Gasteiger partial charge in [0.25, 0.3) is 5.91 Å². The van der Waals surface area contributed by atoms with E-state index in [0.717, 1.165) is 15.7 Å². The summed E-state index contributed by atoms with van der Waals surface area (Å²) in [5, 5.41) is 4.20. The van der Waals surface area contributed by atoms with Crippen LogP contribution in [0, 0.1) is 6.92 Å². The zero-order chi connectivity index (χ0) is 14.0. The molecule has 19 heavy (non-hydrogen) atoms. The van der Waals surface area contributed by atoms with Crippen LogP contribution in [-0.4, -0.2) is 27.6 Å². The highest BCUT2D eigenvalue weighted by Gasteiger charge is 2.16. The fourth-order valence-corrected chi connectivity index (χ4v) is 2.43. The third-order valence-corrected chi connectivity index (χ3v) is 3.37. The molecule has 0 unspecified atom stereocenters. The third kappa shape index (κ3) is 3.23. The minimum absolute atomic E-state index is 0.0249. The summed E-state index contributed by atoms with van der Waals surface area (Å²) in [7, 11) is 3.58. The van der Waals surface area contributed by atoms with Gasteiger partial charge in [0.15, 0.2) is 0 Å². The highest BCUT2D eigenvalue weighted by atomic mass is 79.9. The molecule has 100 valence electrons. The van der Waals surface area contributed by atoms with Gasteiger partial charge in [-0.2, -0.15) is 5.10 Å². The summed E-state index contributed by atoms with van der Waals surface area (Å²) < 4.78 is 2.64. The second-order valence-corrected chi connectivity index (χ2v) is 5.50. The highest BCUT2D eigenvalue weighted by Crippen LogP contribution is 2.14. The normalized spacial score (nSPS) is 10.5. The van der Waals surface area contributed by atoms with Crippen LogP contribution in [0.25, 0.3) is 0 Å². The molecule has 0 fully saturated rings. The first-order chi connectivity index (χ1) is 8.97. The molecule has 2 rings (SSSR count). The lowest BCUT2D eigenvalue weighted by Gasteiger charge is -2.17. The van der Waals surface area contributed by atoms with Crippen LogP contribution in [0.4, 0.5) is 0 Å². The van der Waals surface area contributed by atoms with Crippen molar-refractivity contribution in [3.8, 4) is 0 Å². The molecule has 0 spiro atoms. The molecule has 2 aromatic rings. The predicted molar refractivity (Wildman–Crippen MR) is 77.9 cm³/mol. The van der Waals surface area contributed by atoms with Crippen molar-refractivity contribution in [3.63, 3.8) is 0 Å². The fourth-order valence-electron chi connectivity index (χ4n) is 1.99. The number of carbonyl (C=O) groups excluding carboxylic acids is 1. The van der Waals surface area contributed by atoms with Gasteiger partial charge in [-0.05, 0) is 30.7 Å². The SMILES string of the molecule is Cc1cc(C(=O)N(C)Cc2cccc(Br)c2)n(C)n1. The van der Waals surface area contributed by atoms with E-state index >= 15 is 0 Å². The van der Waals surface area contributed by atoms with E-state index in [-0.39, 0.29) is 5.91 Å². The molecule has 1 heterocycles. The lowest BCUT2D eigenvalue weighted by atomic mass is 10.2. The van der Waals surface area contributed by atoms with Crippen LogP contribution in [0.1, 0.15) is 21.7 Å². The monoisotopic (exact) mass is 321 g/mol. The Morgan fingerprint density at radius 3 is 2.74 bits per heavy atom. The summed E-state index contributed by atoms with van der Waals surface area (Å²) in [6, 6.07) is 9.75. The average molecular weight is 322 g/mol. The van der Waals surface area contributed by atoms with Gasteiger partial charge >= 0.3 is 0 Å². The Morgan fingerprint density at radius 1 is 1.42 bits per heavy atom. The predicted octanol–water partition coefficient (Wildman–Crippen LogP) is 2.76. The van der Waals surface area contributed by atoms with Crippen molar-refractivity contribution in [2.75, 3.05) is 7.05 Å². The Labute approximate surface area is 121 Å². The minimum atomic E-state index is -0.0249. The number of rotatable bonds is 3. The van der Waals surface area contributed by atoms with E-state index in [1.165, 1.54) is 0 Å². The van der Waals surface area contributed by atoms with Gasteiger partial charge in [0, 0.05) is 25.1 Å². The van der Waals surface area contributed by atoms with Crippen molar-refractivity contribution in [2.24, 2.45) is 7.05 Å². The molecular weight excluding hydrogens is 306 g/mol. The molecule has 0 atom stereocenters. The van der Waals surface area contributed by atoms with Gasteiger partial charge in [-0.3, -0.25) is 9.48 Å². The topological polar surface area (TPSA) is 38.1 Å². The second kappa shape index (κ2) is 5.57. The van der Waals surface area contributed by atoms with Crippen LogP contribution in [0.3, 0.4) is 0 Å². The number of nitrogens with zero attached hydrogens (tertiary/aromatic N) is 3. The number of halogens is 1. The summed E-state index contributed by atoms with van der Waals surface area (Å²) in [5.41, 5.74) is 2.54. The number of aryl methyl sites for hydroxylation is 2. The van der Waals surface area contributed by atoms with Gasteiger partial charge in [-0.25, -0.2) is 0 Å². The summed E-state index contributed by atoms with van der Waals surface area (Å²) in [6.07, 6.45) is 0. The Bertz CT molecular complexity index is 606. The molecular formula is C14H16BrN3O. The van der Waals surface area contributed by atoms with E-state index in [2.05, 4.69) is 21.0 Å². The number of carbonyl (C=O) groups is 1. The van der Waals surface area contributed by atoms with Crippen LogP contribution in [0.2, 0.25) is 0 Å². The maximum atomic E-state index is 12.3. The lowest BCUT2D eigenvalue weighted by Crippen LogP contribution is -2.28. The molecule has 0 bridgehead atoms. The van der Waals surface area contributed by atoms with Gasteiger partial charge in [-0.15, -0.1) is 0 Å². The summed E-state index contributed by atoms with van der Waals surface area (Å²) in [4.78, 5) is 14.0. The standard InChI is InChI=1S/C14H16BrN3O/c1-10-7-13(18(3)16-10)14(19)17(2)9-11-5-4-6-12(15)8-11/h4-8H,9H2,1-3H3. The van der Waals surface area contributed by atoms with E-state index < -0.39 is 0 Å². The van der Waals surface area contributed by atoms with Gasteiger partial charge < -0.3 is 4.90 Å². The third-order valence-electron chi connectivity index (χ3n) is 2.88. The van der Waals surface area contributed by atoms with Crippen molar-refractivity contribution in [1.29, 1.82) is 0 Å². The Kier molecular flexibility index (Phi) is 4.04. The largest absolute Gasteiger partial charge is 0.336 e. The van der Waals surface area contributed by atoms with Crippen LogP contribution >= 0.6 is 15.9 Å². The van der Waals surface area contributed by atoms with Crippen molar-refractivity contribution in [3.05, 3.63) is 51.8 Å². The highest BCUT2D eigenvalue weighted by molar-refractivity contribution is 9.10. The minimum Gasteiger partial charge on any atom is -0.336 e. The van der Waals surface area contributed by atoms with E-state index in [0.29, 0.717) is 12.2 Å². The second-order valence-electron chi connectivity index (χ2n) is 4.59. The van der Waals surface area contributed by atoms with Crippen LogP contribution < -0.4 is 0 Å². The molecule has 0 saturated carbocycles. The maximum absolute atomic E-state index is 12.3. The van der Waals surface area contributed by atoms with E-state index in [1.807, 2.05) is 31.2 Å². The van der Waals surface area contributed by atoms with E-state index in [9.17, 15) is 4.79 Å². The molecule has 5 heteroatoms. The Morgan fingerprint density at radius 2 is 2.16 bits per heavy atom. The smallest absolute Gasteiger partial charge is 0.272 e. The van der Waals surface area contributed by atoms with Gasteiger partial charge in [0.05, 0.1) is 5.69 Å². The molecule has 1 aromatic heterocycles. The number of aromatic nitrogens is 2. The first-order valence-electron chi connectivity index (χ1n) is 5.98. The Hall–Kier alpha value is -1.62. The first kappa shape index (κ1) is 13.8. The molecule has 0 radical (unpaired) electrons. The van der Waals surface area contributed by atoms with Crippen LogP contribution in [0.5, 0.6) is 0 Å². The zero-order valence-electron chi connectivity index (χ0n) is 11.2. The van der Waals surface area contributed by atoms with Gasteiger partial charge in [0.1, 0.15) is 5.69 Å². The summed E-state index contributed by atoms with van der Waals surface area (Å²) in [5.74, 6) is -0.0249. The van der Waals surface area contributed by atoms with Crippen molar-refractivity contribution < 1.29 is 4.79 Å². The number of hydrogen-bond acceptors (Lipinski definition) is 2. The lowest BCUT2D eigenvalue weighted by molar-refractivity contribution is 0.0774. The molecule has 1 aromatic carbocycles. The van der Waals surface area contributed by atoms with E-state index in [4.69, 9.17) is 0 Å². The Balaban J connectivity index is 2.14. The summed E-state index contributed by atoms with van der Waals surface area (Å²) in [6.45, 7) is 2.45. The van der Waals surface area contributed by atoms with Gasteiger partial charge in [-0.1, -0.05) is 28.1 Å². The molecule has 1 amide bonds. The molecule has 0 aliphatic heterocycles. The van der Waals surface area contributed by atoms with Crippen LogP contribution in [0.15, 0.2) is 34.8 Å². The number of benzene rings is 1. The maximum Gasteiger partial charge on any atom is 0.272 e. The van der Waals surface area contributed by atoms with Crippen LogP contribution in [-0.2, 0) is 13.6 Å². The molecule has 0 aliphatic rings. The molecule has 0 saturated heterocycles. The van der Waals surface area contributed by atoms with Crippen molar-refractivity contribution in [2.45, 2.75) is 13.5 Å². The molecule has 0 N–H and O–H groups in total. The van der Waals surface area contributed by atoms with E-state index in [1.54, 1.807) is 29.7 Å². The first-order valence-corrected chi connectivity index (χ1v) is 6.77. The summed E-state index contributed by atoms with van der Waals surface area (Å²) >= 11 is 3.43.